The van der Waals surface area contributed by atoms with E-state index in [2.05, 4.69) is 76.2 Å². The van der Waals surface area contributed by atoms with Crippen LogP contribution in [0.2, 0.25) is 0 Å². The smallest absolute Gasteiger partial charge is 0.0708 e. The average molecular weight is 303 g/mol. The summed E-state index contributed by atoms with van der Waals surface area (Å²) in [5.41, 5.74) is 5.24. The van der Waals surface area contributed by atoms with Crippen LogP contribution in [0.15, 0.2) is 54.7 Å². The van der Waals surface area contributed by atoms with Gasteiger partial charge in [0.25, 0.3) is 0 Å². The Kier molecular flexibility index (Phi) is 4.21. The number of hydrogen-bond acceptors (Lipinski definition) is 1. The third kappa shape index (κ3) is 3.01. The molecule has 0 aliphatic carbocycles. The van der Waals surface area contributed by atoms with Crippen LogP contribution < -0.4 is 0 Å². The molecule has 3 rings (SSSR count). The van der Waals surface area contributed by atoms with Crippen LogP contribution in [0.3, 0.4) is 0 Å². The van der Waals surface area contributed by atoms with E-state index in [4.69, 9.17) is 4.98 Å². The number of rotatable bonds is 4. The lowest BCUT2D eigenvalue weighted by molar-refractivity contribution is 0.439. The van der Waals surface area contributed by atoms with E-state index in [1.54, 1.807) is 0 Å². The van der Waals surface area contributed by atoms with E-state index in [0.29, 0.717) is 0 Å². The van der Waals surface area contributed by atoms with Gasteiger partial charge in [0, 0.05) is 17.1 Å². The van der Waals surface area contributed by atoms with Gasteiger partial charge in [0.2, 0.25) is 0 Å². The zero-order chi connectivity index (χ0) is 16.4. The van der Waals surface area contributed by atoms with Gasteiger partial charge in [0.15, 0.2) is 0 Å². The van der Waals surface area contributed by atoms with Gasteiger partial charge in [-0.15, -0.1) is 0 Å². The van der Waals surface area contributed by atoms with Gasteiger partial charge in [-0.05, 0) is 54.3 Å². The van der Waals surface area contributed by atoms with E-state index >= 15 is 0 Å². The molecular formula is C22H25N. The molecule has 0 atom stereocenters. The highest BCUT2D eigenvalue weighted by Gasteiger charge is 2.23. The van der Waals surface area contributed by atoms with Crippen molar-refractivity contribution >= 4 is 10.8 Å². The minimum atomic E-state index is 0.234. The van der Waals surface area contributed by atoms with Crippen molar-refractivity contribution in [3.8, 4) is 11.3 Å². The Hall–Kier alpha value is -2.15. The Morgan fingerprint density at radius 3 is 2.30 bits per heavy atom. The van der Waals surface area contributed by atoms with Gasteiger partial charge in [-0.2, -0.15) is 0 Å². The number of aromatic nitrogens is 1. The van der Waals surface area contributed by atoms with Crippen LogP contribution in [0.4, 0.5) is 0 Å². The fourth-order valence-electron chi connectivity index (χ4n) is 3.18. The number of nitrogens with zero attached hydrogens (tertiary/aromatic N) is 1. The van der Waals surface area contributed by atoms with E-state index in [0.717, 1.165) is 18.5 Å². The molecule has 0 aliphatic heterocycles. The third-order valence-corrected chi connectivity index (χ3v) is 5.26. The molecule has 0 spiro atoms. The largest absolute Gasteiger partial charge is 0.256 e. The summed E-state index contributed by atoms with van der Waals surface area (Å²) >= 11 is 0. The zero-order valence-corrected chi connectivity index (χ0v) is 14.6. The molecule has 23 heavy (non-hydrogen) atoms. The molecule has 1 aromatic heterocycles. The second-order valence-corrected chi connectivity index (χ2v) is 6.77. The molecule has 1 heteroatoms. The maximum Gasteiger partial charge on any atom is 0.0708 e. The number of benzene rings is 2. The highest BCUT2D eigenvalue weighted by Crippen LogP contribution is 2.34. The zero-order valence-electron chi connectivity index (χ0n) is 14.6. The van der Waals surface area contributed by atoms with Crippen molar-refractivity contribution in [3.63, 3.8) is 0 Å². The second-order valence-electron chi connectivity index (χ2n) is 6.77. The summed E-state index contributed by atoms with van der Waals surface area (Å²) in [6.45, 7) is 9.10. The van der Waals surface area contributed by atoms with Gasteiger partial charge < -0.3 is 0 Å². The first-order chi connectivity index (χ1) is 11.1. The second kappa shape index (κ2) is 6.16. The fourth-order valence-corrected chi connectivity index (χ4v) is 3.18. The molecule has 0 aliphatic rings. The topological polar surface area (TPSA) is 12.9 Å². The molecule has 1 nitrogen and oxygen atoms in total. The van der Waals surface area contributed by atoms with Crippen molar-refractivity contribution in [2.45, 2.75) is 46.0 Å². The summed E-state index contributed by atoms with van der Waals surface area (Å²) in [4.78, 5) is 4.69. The third-order valence-electron chi connectivity index (χ3n) is 5.26. The first-order valence-electron chi connectivity index (χ1n) is 8.53. The number of fused-ring (bicyclic) bond motifs is 1. The summed E-state index contributed by atoms with van der Waals surface area (Å²) in [5.74, 6) is 0. The van der Waals surface area contributed by atoms with Gasteiger partial charge in [-0.3, -0.25) is 4.98 Å². The van der Waals surface area contributed by atoms with Crippen LogP contribution in [0.25, 0.3) is 22.0 Å². The quantitative estimate of drug-likeness (QED) is 0.552. The normalized spacial score (nSPS) is 11.8. The molecule has 0 N–H and O–H groups in total. The molecule has 2 aromatic carbocycles. The monoisotopic (exact) mass is 303 g/mol. The van der Waals surface area contributed by atoms with E-state index in [1.807, 2.05) is 6.20 Å². The molecule has 118 valence electrons. The molecule has 0 saturated heterocycles. The maximum atomic E-state index is 4.69. The molecule has 0 radical (unpaired) electrons. The van der Waals surface area contributed by atoms with Crippen LogP contribution in [0.1, 0.15) is 44.7 Å². The van der Waals surface area contributed by atoms with E-state index in [1.165, 1.54) is 27.5 Å². The van der Waals surface area contributed by atoms with Crippen LogP contribution in [0, 0.1) is 6.92 Å². The molecule has 0 saturated carbocycles. The highest BCUT2D eigenvalue weighted by atomic mass is 14.7. The van der Waals surface area contributed by atoms with Crippen molar-refractivity contribution in [2.24, 2.45) is 0 Å². The Morgan fingerprint density at radius 2 is 1.61 bits per heavy atom. The SMILES string of the molecule is CCC(C)(CC)c1cc(C)cc(-c2cc3ccccc3cn2)c1. The lowest BCUT2D eigenvalue weighted by atomic mass is 9.76. The Balaban J connectivity index is 2.13. The molecule has 0 fully saturated rings. The lowest BCUT2D eigenvalue weighted by Gasteiger charge is -2.28. The molecule has 3 aromatic rings. The van der Waals surface area contributed by atoms with Gasteiger partial charge in [0.1, 0.15) is 0 Å². The van der Waals surface area contributed by atoms with Gasteiger partial charge in [0.05, 0.1) is 5.69 Å². The Morgan fingerprint density at radius 1 is 0.913 bits per heavy atom. The van der Waals surface area contributed by atoms with Crippen molar-refractivity contribution in [1.29, 1.82) is 0 Å². The summed E-state index contributed by atoms with van der Waals surface area (Å²) in [7, 11) is 0. The van der Waals surface area contributed by atoms with Gasteiger partial charge in [-0.25, -0.2) is 0 Å². The number of pyridine rings is 1. The summed E-state index contributed by atoms with van der Waals surface area (Å²) in [5, 5.41) is 2.44. The minimum absolute atomic E-state index is 0.234. The van der Waals surface area contributed by atoms with Crippen molar-refractivity contribution < 1.29 is 0 Å². The van der Waals surface area contributed by atoms with E-state index < -0.39 is 0 Å². The van der Waals surface area contributed by atoms with Crippen molar-refractivity contribution in [2.75, 3.05) is 0 Å². The van der Waals surface area contributed by atoms with Crippen LogP contribution >= 0.6 is 0 Å². The van der Waals surface area contributed by atoms with Crippen LogP contribution in [-0.2, 0) is 5.41 Å². The maximum absolute atomic E-state index is 4.69. The van der Waals surface area contributed by atoms with Gasteiger partial charge in [-0.1, -0.05) is 56.7 Å². The molecule has 0 amide bonds. The molecule has 0 bridgehead atoms. The minimum Gasteiger partial charge on any atom is -0.256 e. The van der Waals surface area contributed by atoms with Crippen LogP contribution in [-0.4, -0.2) is 4.98 Å². The van der Waals surface area contributed by atoms with E-state index in [-0.39, 0.29) is 5.41 Å². The van der Waals surface area contributed by atoms with Gasteiger partial charge >= 0.3 is 0 Å². The Bertz CT molecular complexity index is 828. The fraction of sp³-hybridized carbons (Fsp3) is 0.318. The number of hydrogen-bond donors (Lipinski definition) is 0. The molecule has 1 heterocycles. The molecule has 0 unspecified atom stereocenters. The first kappa shape index (κ1) is 15.7. The van der Waals surface area contributed by atoms with E-state index in [9.17, 15) is 0 Å². The molecular weight excluding hydrogens is 278 g/mol. The Labute approximate surface area is 139 Å². The predicted molar refractivity (Wildman–Crippen MR) is 99.9 cm³/mol. The first-order valence-corrected chi connectivity index (χ1v) is 8.53. The summed E-state index contributed by atoms with van der Waals surface area (Å²) in [6, 6.07) is 17.5. The standard InChI is InChI=1S/C22H25N/c1-5-22(4,6-2)20-12-16(3)11-19(13-20)21-14-17-9-7-8-10-18(17)15-23-21/h7-15H,5-6H2,1-4H3. The van der Waals surface area contributed by atoms with Crippen molar-refractivity contribution in [1.82, 2.24) is 4.98 Å². The van der Waals surface area contributed by atoms with Crippen LogP contribution in [0.5, 0.6) is 0 Å². The average Bonchev–Trinajstić information content (AvgIpc) is 2.60. The summed E-state index contributed by atoms with van der Waals surface area (Å²) in [6.07, 6.45) is 4.28. The highest BCUT2D eigenvalue weighted by molar-refractivity contribution is 5.85. The van der Waals surface area contributed by atoms with Crippen molar-refractivity contribution in [3.05, 3.63) is 65.9 Å². The number of aryl methyl sites for hydroxylation is 1. The summed E-state index contributed by atoms with van der Waals surface area (Å²) < 4.78 is 0. The predicted octanol–water partition coefficient (Wildman–Crippen LogP) is 6.29. The lowest BCUT2D eigenvalue weighted by Crippen LogP contribution is -2.19.